The first-order valence-corrected chi connectivity index (χ1v) is 12.0. The summed E-state index contributed by atoms with van der Waals surface area (Å²) in [6.45, 7) is 7.34. The van der Waals surface area contributed by atoms with Crippen molar-refractivity contribution < 1.29 is 18.0 Å². The summed E-state index contributed by atoms with van der Waals surface area (Å²) in [5.74, 6) is -0.258. The molecule has 2 fully saturated rings. The number of amides is 2. The molecule has 28 heavy (non-hydrogen) atoms. The molecule has 8 nitrogen and oxygen atoms in total. The molecule has 0 aliphatic carbocycles. The van der Waals surface area contributed by atoms with E-state index in [2.05, 4.69) is 5.32 Å². The number of nitrogens with zero attached hydrogens (tertiary/aromatic N) is 3. The number of rotatable bonds is 6. The summed E-state index contributed by atoms with van der Waals surface area (Å²) in [6, 6.07) is 1.64. The van der Waals surface area contributed by atoms with Gasteiger partial charge in [-0.2, -0.15) is 4.31 Å². The lowest BCUT2D eigenvalue weighted by atomic mass is 10.3. The summed E-state index contributed by atoms with van der Waals surface area (Å²) >= 11 is 1.18. The molecule has 0 saturated carbocycles. The average molecular weight is 429 g/mol. The molecule has 0 aromatic carbocycles. The Morgan fingerprint density at radius 2 is 1.75 bits per heavy atom. The second-order valence-electron chi connectivity index (χ2n) is 7.52. The molecule has 0 bridgehead atoms. The van der Waals surface area contributed by atoms with E-state index < -0.39 is 10.0 Å². The van der Waals surface area contributed by atoms with Gasteiger partial charge in [-0.1, -0.05) is 0 Å². The van der Waals surface area contributed by atoms with Gasteiger partial charge in [-0.3, -0.25) is 14.5 Å². The van der Waals surface area contributed by atoms with Crippen LogP contribution in [-0.4, -0.2) is 86.2 Å². The highest BCUT2D eigenvalue weighted by molar-refractivity contribution is 7.89. The first-order valence-electron chi connectivity index (χ1n) is 9.67. The predicted octanol–water partition coefficient (Wildman–Crippen LogP) is 0.815. The second kappa shape index (κ2) is 8.89. The van der Waals surface area contributed by atoms with Crippen molar-refractivity contribution in [2.24, 2.45) is 0 Å². The topological polar surface area (TPSA) is 90.0 Å². The quantitative estimate of drug-likeness (QED) is 0.724. The molecule has 10 heteroatoms. The minimum absolute atomic E-state index is 0.0213. The highest BCUT2D eigenvalue weighted by Gasteiger charge is 2.34. The molecule has 2 aliphatic rings. The van der Waals surface area contributed by atoms with Gasteiger partial charge in [0.05, 0.1) is 6.54 Å². The number of thiophene rings is 1. The molecule has 2 amide bonds. The number of carbonyl (C=O) groups excluding carboxylic acids is 2. The number of carbonyl (C=O) groups is 2. The van der Waals surface area contributed by atoms with E-state index >= 15 is 0 Å². The molecule has 2 aliphatic heterocycles. The van der Waals surface area contributed by atoms with Crippen molar-refractivity contribution in [2.45, 2.75) is 37.6 Å². The Labute approximate surface area is 170 Å². The highest BCUT2D eigenvalue weighted by atomic mass is 32.2. The fourth-order valence-corrected chi connectivity index (χ4v) is 6.43. The molecule has 1 N–H and O–H groups in total. The van der Waals surface area contributed by atoms with E-state index in [1.54, 1.807) is 10.3 Å². The fraction of sp³-hybridized carbons (Fsp3) is 0.667. The number of hydrogen-bond donors (Lipinski definition) is 1. The van der Waals surface area contributed by atoms with Gasteiger partial charge in [-0.25, -0.2) is 8.42 Å². The summed E-state index contributed by atoms with van der Waals surface area (Å²) in [5.41, 5.74) is 0. The maximum Gasteiger partial charge on any atom is 0.265 e. The zero-order valence-corrected chi connectivity index (χ0v) is 18.0. The largest absolute Gasteiger partial charge is 0.353 e. The Hall–Kier alpha value is -1.49. The van der Waals surface area contributed by atoms with E-state index in [-0.39, 0.29) is 27.6 Å². The van der Waals surface area contributed by atoms with Gasteiger partial charge in [-0.15, -0.1) is 11.3 Å². The third-order valence-electron chi connectivity index (χ3n) is 4.98. The van der Waals surface area contributed by atoms with Crippen molar-refractivity contribution in [2.75, 3.05) is 45.8 Å². The Morgan fingerprint density at radius 3 is 2.36 bits per heavy atom. The monoisotopic (exact) mass is 428 g/mol. The Morgan fingerprint density at radius 1 is 1.11 bits per heavy atom. The second-order valence-corrected chi connectivity index (χ2v) is 10.3. The summed E-state index contributed by atoms with van der Waals surface area (Å²) in [5, 5.41) is 4.54. The molecule has 0 radical (unpaired) electrons. The lowest BCUT2D eigenvalue weighted by molar-refractivity contribution is -0.123. The number of sulfonamides is 1. The number of nitrogens with one attached hydrogen (secondary N) is 1. The molecule has 0 atom stereocenters. The zero-order valence-electron chi connectivity index (χ0n) is 16.4. The number of piperazine rings is 1. The van der Waals surface area contributed by atoms with Crippen LogP contribution in [0.4, 0.5) is 0 Å². The Kier molecular flexibility index (Phi) is 6.74. The van der Waals surface area contributed by atoms with Crippen molar-refractivity contribution in [3.05, 3.63) is 16.3 Å². The molecule has 1 aromatic rings. The lowest BCUT2D eigenvalue weighted by Crippen LogP contribution is -2.51. The molecular formula is C18H28N4O4S2. The van der Waals surface area contributed by atoms with Gasteiger partial charge in [0.15, 0.2) is 0 Å². The van der Waals surface area contributed by atoms with E-state index in [9.17, 15) is 18.0 Å². The summed E-state index contributed by atoms with van der Waals surface area (Å²) < 4.78 is 27.2. The molecule has 2 saturated heterocycles. The van der Waals surface area contributed by atoms with Gasteiger partial charge in [-0.05, 0) is 38.1 Å². The van der Waals surface area contributed by atoms with Crippen LogP contribution in [0.1, 0.15) is 36.4 Å². The van der Waals surface area contributed by atoms with E-state index in [1.807, 2.05) is 18.7 Å². The molecule has 3 heterocycles. The summed E-state index contributed by atoms with van der Waals surface area (Å²) in [6.07, 6.45) is 1.72. The molecule has 0 spiro atoms. The molecule has 3 rings (SSSR count). The van der Waals surface area contributed by atoms with Crippen LogP contribution in [-0.2, 0) is 14.8 Å². The number of hydrogen-bond acceptors (Lipinski definition) is 6. The molecule has 0 unspecified atom stereocenters. The van der Waals surface area contributed by atoms with Gasteiger partial charge in [0, 0.05) is 45.3 Å². The van der Waals surface area contributed by atoms with Crippen molar-refractivity contribution in [3.8, 4) is 0 Å². The van der Waals surface area contributed by atoms with Gasteiger partial charge < -0.3 is 10.2 Å². The van der Waals surface area contributed by atoms with Crippen LogP contribution < -0.4 is 5.32 Å². The lowest BCUT2D eigenvalue weighted by Gasteiger charge is -2.34. The van der Waals surface area contributed by atoms with Crippen molar-refractivity contribution >= 4 is 33.2 Å². The van der Waals surface area contributed by atoms with Crippen LogP contribution >= 0.6 is 11.3 Å². The fourth-order valence-electron chi connectivity index (χ4n) is 3.55. The predicted molar refractivity (Wildman–Crippen MR) is 108 cm³/mol. The van der Waals surface area contributed by atoms with Gasteiger partial charge in [0.25, 0.3) is 5.91 Å². The first-order chi connectivity index (χ1) is 13.3. The smallest absolute Gasteiger partial charge is 0.265 e. The van der Waals surface area contributed by atoms with Crippen LogP contribution in [0.3, 0.4) is 0 Å². The third kappa shape index (κ3) is 4.73. The maximum atomic E-state index is 13.0. The maximum absolute atomic E-state index is 13.0. The minimum Gasteiger partial charge on any atom is -0.353 e. The molecular weight excluding hydrogens is 400 g/mol. The van der Waals surface area contributed by atoms with Crippen molar-refractivity contribution in [1.82, 2.24) is 19.4 Å². The van der Waals surface area contributed by atoms with Crippen molar-refractivity contribution in [3.63, 3.8) is 0 Å². The third-order valence-corrected chi connectivity index (χ3v) is 7.96. The highest BCUT2D eigenvalue weighted by Crippen LogP contribution is 2.28. The van der Waals surface area contributed by atoms with E-state index in [1.165, 1.54) is 21.7 Å². The van der Waals surface area contributed by atoms with Crippen LogP contribution in [0.25, 0.3) is 0 Å². The first kappa shape index (κ1) is 21.2. The van der Waals surface area contributed by atoms with E-state index in [4.69, 9.17) is 0 Å². The van der Waals surface area contributed by atoms with Crippen LogP contribution in [0.15, 0.2) is 16.3 Å². The Balaban J connectivity index is 1.62. The van der Waals surface area contributed by atoms with Crippen molar-refractivity contribution in [1.29, 1.82) is 0 Å². The van der Waals surface area contributed by atoms with E-state index in [0.717, 1.165) is 12.8 Å². The Bertz CT molecular complexity index is 807. The zero-order chi connectivity index (χ0) is 20.3. The normalized spacial score (nSPS) is 19.3. The summed E-state index contributed by atoms with van der Waals surface area (Å²) in [7, 11) is -3.62. The van der Waals surface area contributed by atoms with E-state index in [0.29, 0.717) is 45.8 Å². The molecule has 156 valence electrons. The standard InChI is InChI=1S/C18H28N4O4S2/c1-14(2)19-16(23)13-20-8-10-21(11-9-20)18(24)17-15(5-12-27-17)28(25,26)22-6-3-4-7-22/h5,12,14H,3-4,6-11,13H2,1-2H3,(H,19,23). The van der Waals surface area contributed by atoms with Gasteiger partial charge in [0.1, 0.15) is 9.77 Å². The average Bonchev–Trinajstić information content (AvgIpc) is 3.33. The minimum atomic E-state index is -3.62. The molecule has 1 aromatic heterocycles. The van der Waals surface area contributed by atoms with Gasteiger partial charge >= 0.3 is 0 Å². The van der Waals surface area contributed by atoms with Crippen LogP contribution in [0, 0.1) is 0 Å². The SMILES string of the molecule is CC(C)NC(=O)CN1CCN(C(=O)c2sccc2S(=O)(=O)N2CCCC2)CC1. The van der Waals surface area contributed by atoms with Crippen LogP contribution in [0.2, 0.25) is 0 Å². The van der Waals surface area contributed by atoms with Gasteiger partial charge in [0.2, 0.25) is 15.9 Å². The van der Waals surface area contributed by atoms with Crippen LogP contribution in [0.5, 0.6) is 0 Å². The summed E-state index contributed by atoms with van der Waals surface area (Å²) in [4.78, 5) is 29.0.